The van der Waals surface area contributed by atoms with Gasteiger partial charge in [0.05, 0.1) is 17.5 Å². The van der Waals surface area contributed by atoms with E-state index in [0.717, 1.165) is 11.1 Å². The van der Waals surface area contributed by atoms with Gasteiger partial charge in [-0.2, -0.15) is 5.10 Å². The molecule has 3 atom stereocenters. The van der Waals surface area contributed by atoms with Gasteiger partial charge in [-0.15, -0.1) is 0 Å². The predicted molar refractivity (Wildman–Crippen MR) is 132 cm³/mol. The van der Waals surface area contributed by atoms with Crippen LogP contribution in [-0.2, 0) is 0 Å². The van der Waals surface area contributed by atoms with Crippen LogP contribution in [0.15, 0.2) is 107 Å². The number of ketones is 1. The Morgan fingerprint density at radius 3 is 2.19 bits per heavy atom. The van der Waals surface area contributed by atoms with Crippen LogP contribution >= 0.6 is 0 Å². The zero-order chi connectivity index (χ0) is 24.9. The fraction of sp³-hybridized carbons (Fsp3) is 0.143. The summed E-state index contributed by atoms with van der Waals surface area (Å²) in [6.07, 6.45) is -0.720. The highest BCUT2D eigenvalue weighted by Crippen LogP contribution is 2.55. The molecule has 0 amide bonds. The van der Waals surface area contributed by atoms with Crippen molar-refractivity contribution >= 4 is 17.4 Å². The fourth-order valence-electron chi connectivity index (χ4n) is 5.37. The second-order valence-electron chi connectivity index (χ2n) is 8.81. The zero-order valence-corrected chi connectivity index (χ0v) is 19.3. The summed E-state index contributed by atoms with van der Waals surface area (Å²) < 4.78 is 12.2. The number of Topliss-reactive ketones (excluding diaryl/α,β-unsaturated/α-hetero) is 1. The maximum Gasteiger partial charge on any atom is 0.433 e. The Morgan fingerprint density at radius 2 is 1.53 bits per heavy atom. The topological polar surface area (TPSA) is 98.2 Å². The van der Waals surface area contributed by atoms with Crippen molar-refractivity contribution in [3.05, 3.63) is 130 Å². The van der Waals surface area contributed by atoms with Crippen molar-refractivity contribution in [2.45, 2.75) is 17.6 Å². The third kappa shape index (κ3) is 3.07. The minimum Gasteiger partial charge on any atom is -0.482 e. The number of fused-ring (bicyclic) bond motifs is 1. The highest BCUT2D eigenvalue weighted by molar-refractivity contribution is 6.16. The number of hydrogen-bond donors (Lipinski definition) is 0. The van der Waals surface area contributed by atoms with E-state index in [0.29, 0.717) is 17.0 Å². The van der Waals surface area contributed by atoms with Crippen LogP contribution < -0.4 is 4.74 Å². The number of nitrogens with zero attached hydrogens (tertiary/aromatic N) is 3. The van der Waals surface area contributed by atoms with Gasteiger partial charge in [-0.05, 0) is 29.3 Å². The molecule has 1 aromatic heterocycles. The second-order valence-corrected chi connectivity index (χ2v) is 8.81. The molecule has 36 heavy (non-hydrogen) atoms. The Hall–Kier alpha value is -4.72. The molecule has 3 heterocycles. The Morgan fingerprint density at radius 1 is 0.889 bits per heavy atom. The van der Waals surface area contributed by atoms with Crippen molar-refractivity contribution in [1.29, 1.82) is 0 Å². The molecule has 0 N–H and O–H groups in total. The Labute approximate surface area is 206 Å². The summed E-state index contributed by atoms with van der Waals surface area (Å²) in [4.78, 5) is 25.3. The molecule has 3 aromatic carbocycles. The minimum absolute atomic E-state index is 0.144. The van der Waals surface area contributed by atoms with Gasteiger partial charge in [0.15, 0.2) is 23.2 Å². The Kier molecular flexibility index (Phi) is 4.96. The van der Waals surface area contributed by atoms with Crippen LogP contribution in [0.25, 0.3) is 0 Å². The molecule has 4 aromatic rings. The Balaban J connectivity index is 1.63. The first-order chi connectivity index (χ1) is 17.5. The second kappa shape index (κ2) is 8.20. The van der Waals surface area contributed by atoms with Crippen LogP contribution in [0.4, 0.5) is 5.88 Å². The van der Waals surface area contributed by atoms with Crippen molar-refractivity contribution in [1.82, 2.24) is 5.01 Å². The van der Waals surface area contributed by atoms with Crippen LogP contribution in [0.3, 0.4) is 0 Å². The number of para-hydroxylation sites is 1. The Bertz CT molecular complexity index is 1500. The summed E-state index contributed by atoms with van der Waals surface area (Å²) in [6.45, 7) is 0. The third-order valence-electron chi connectivity index (χ3n) is 6.91. The average Bonchev–Trinajstić information content (AvgIpc) is 3.51. The van der Waals surface area contributed by atoms with E-state index in [1.165, 1.54) is 12.1 Å². The molecule has 8 heteroatoms. The fourth-order valence-corrected chi connectivity index (χ4v) is 5.37. The maximum absolute atomic E-state index is 14.6. The average molecular weight is 479 g/mol. The lowest BCUT2D eigenvalue weighted by Crippen LogP contribution is -2.60. The molecule has 2 aliphatic rings. The van der Waals surface area contributed by atoms with Gasteiger partial charge in [0.2, 0.25) is 0 Å². The lowest BCUT2D eigenvalue weighted by atomic mass is 9.66. The number of carbonyl (C=O) groups is 1. The van der Waals surface area contributed by atoms with Crippen LogP contribution in [-0.4, -0.2) is 34.0 Å². The van der Waals surface area contributed by atoms with Gasteiger partial charge in [-0.25, -0.2) is 0 Å². The summed E-state index contributed by atoms with van der Waals surface area (Å²) in [5, 5.41) is 17.8. The number of likely N-dealkylation sites (N-methyl/N-ethyl adjacent to an activating group) is 1. The van der Waals surface area contributed by atoms with Gasteiger partial charge in [0.1, 0.15) is 16.4 Å². The predicted octanol–water partition coefficient (Wildman–Crippen LogP) is 5.38. The number of carbonyl (C=O) groups excluding carboxylic acids is 1. The highest BCUT2D eigenvalue weighted by Gasteiger charge is 2.65. The molecule has 0 fully saturated rings. The van der Waals surface area contributed by atoms with Crippen molar-refractivity contribution in [2.75, 3.05) is 7.05 Å². The molecule has 0 bridgehead atoms. The SMILES string of the molecule is CN1N=C(c2ccc([N+](=O)[O-])o2)[C@@H](c2ccccc2)C12C(=O)c1ccccc1O[C@H]2c1ccccc1. The smallest absolute Gasteiger partial charge is 0.433 e. The van der Waals surface area contributed by atoms with E-state index in [-0.39, 0.29) is 17.4 Å². The summed E-state index contributed by atoms with van der Waals surface area (Å²) in [6, 6.07) is 29.1. The summed E-state index contributed by atoms with van der Waals surface area (Å²) in [7, 11) is 1.74. The van der Waals surface area contributed by atoms with Crippen LogP contribution in [0.5, 0.6) is 5.75 Å². The number of furan rings is 1. The van der Waals surface area contributed by atoms with Crippen molar-refractivity contribution in [2.24, 2.45) is 5.10 Å². The van der Waals surface area contributed by atoms with E-state index in [2.05, 4.69) is 0 Å². The van der Waals surface area contributed by atoms with Gasteiger partial charge >= 0.3 is 5.88 Å². The molecule has 178 valence electrons. The standard InChI is InChI=1S/C28H21N3O5/c1-30-28(26(32)20-14-8-9-15-21(20)36-27(28)19-12-6-3-7-13-19)24(18-10-4-2-5-11-18)25(29-30)22-16-17-23(35-22)31(33)34/h2-17,24,27H,1H3/t24-,27+,28?/m1/s1. The number of benzene rings is 3. The molecular formula is C28H21N3O5. The van der Waals surface area contributed by atoms with Crippen molar-refractivity contribution in [3.63, 3.8) is 0 Å². The number of nitro groups is 1. The lowest BCUT2D eigenvalue weighted by molar-refractivity contribution is -0.402. The van der Waals surface area contributed by atoms with Crippen molar-refractivity contribution < 1.29 is 18.9 Å². The summed E-state index contributed by atoms with van der Waals surface area (Å²) in [5.41, 5.74) is 1.20. The highest BCUT2D eigenvalue weighted by atomic mass is 16.6. The third-order valence-corrected chi connectivity index (χ3v) is 6.91. The first kappa shape index (κ1) is 21.8. The largest absolute Gasteiger partial charge is 0.482 e. The molecule has 0 aliphatic carbocycles. The quantitative estimate of drug-likeness (QED) is 0.288. The molecule has 0 saturated heterocycles. The van der Waals surface area contributed by atoms with Crippen molar-refractivity contribution in [3.8, 4) is 5.75 Å². The van der Waals surface area contributed by atoms with Gasteiger partial charge < -0.3 is 9.15 Å². The van der Waals surface area contributed by atoms with E-state index in [1.54, 1.807) is 30.3 Å². The number of ether oxygens (including phenoxy) is 1. The summed E-state index contributed by atoms with van der Waals surface area (Å²) >= 11 is 0. The van der Waals surface area contributed by atoms with Crippen LogP contribution in [0, 0.1) is 10.1 Å². The molecule has 1 unspecified atom stereocenters. The van der Waals surface area contributed by atoms with E-state index < -0.39 is 22.5 Å². The van der Waals surface area contributed by atoms with Gasteiger partial charge in [-0.1, -0.05) is 72.8 Å². The molecule has 2 aliphatic heterocycles. The van der Waals surface area contributed by atoms with E-state index in [1.807, 2.05) is 66.7 Å². The first-order valence-corrected chi connectivity index (χ1v) is 11.5. The normalized spacial score (nSPS) is 22.8. The minimum atomic E-state index is -1.31. The van der Waals surface area contributed by atoms with E-state index in [4.69, 9.17) is 14.3 Å². The van der Waals surface area contributed by atoms with E-state index in [9.17, 15) is 14.9 Å². The van der Waals surface area contributed by atoms with Gasteiger partial charge in [0.25, 0.3) is 0 Å². The van der Waals surface area contributed by atoms with Gasteiger partial charge in [0, 0.05) is 7.05 Å². The number of hydrogen-bond acceptors (Lipinski definition) is 7. The van der Waals surface area contributed by atoms with Crippen LogP contribution in [0.1, 0.15) is 39.3 Å². The molecule has 6 rings (SSSR count). The van der Waals surface area contributed by atoms with Gasteiger partial charge in [-0.3, -0.25) is 19.9 Å². The maximum atomic E-state index is 14.6. The molecule has 8 nitrogen and oxygen atoms in total. The first-order valence-electron chi connectivity index (χ1n) is 11.5. The molecule has 1 spiro atoms. The number of rotatable bonds is 4. The zero-order valence-electron chi connectivity index (χ0n) is 19.3. The molecule has 0 saturated carbocycles. The lowest BCUT2D eigenvalue weighted by Gasteiger charge is -2.47. The van der Waals surface area contributed by atoms with Crippen LogP contribution in [0.2, 0.25) is 0 Å². The summed E-state index contributed by atoms with van der Waals surface area (Å²) in [5.74, 6) is -0.434. The number of hydrazone groups is 1. The monoisotopic (exact) mass is 479 g/mol. The molecule has 0 radical (unpaired) electrons. The van der Waals surface area contributed by atoms with E-state index >= 15 is 0 Å². The molecular weight excluding hydrogens is 458 g/mol.